The van der Waals surface area contributed by atoms with Crippen LogP contribution >= 0.6 is 0 Å². The number of aryl methyl sites for hydroxylation is 1. The summed E-state index contributed by atoms with van der Waals surface area (Å²) in [6, 6.07) is 13.3. The molecule has 1 fully saturated rings. The molecule has 0 atom stereocenters. The first-order valence-corrected chi connectivity index (χ1v) is 8.41. The van der Waals surface area contributed by atoms with E-state index in [1.54, 1.807) is 6.20 Å². The van der Waals surface area contributed by atoms with Crippen molar-refractivity contribution in [1.82, 2.24) is 19.8 Å². The second kappa shape index (κ2) is 6.57. The normalized spacial score (nSPS) is 14.7. The molecule has 0 saturated carbocycles. The summed E-state index contributed by atoms with van der Waals surface area (Å²) in [4.78, 5) is 18.9. The van der Waals surface area contributed by atoms with Gasteiger partial charge in [0.2, 0.25) is 5.88 Å². The van der Waals surface area contributed by atoms with Gasteiger partial charge in [0.15, 0.2) is 0 Å². The third-order valence-corrected chi connectivity index (χ3v) is 4.50. The molecule has 0 unspecified atom stereocenters. The molecule has 25 heavy (non-hydrogen) atoms. The lowest BCUT2D eigenvalue weighted by atomic mass is 10.2. The average Bonchev–Trinajstić information content (AvgIpc) is 2.99. The summed E-state index contributed by atoms with van der Waals surface area (Å²) < 4.78 is 7.73. The number of nitrogens with one attached hydrogen (secondary N) is 1. The lowest BCUT2D eigenvalue weighted by molar-refractivity contribution is 0.0726. The zero-order valence-corrected chi connectivity index (χ0v) is 14.1. The molecule has 0 bridgehead atoms. The van der Waals surface area contributed by atoms with Crippen molar-refractivity contribution in [3.63, 3.8) is 0 Å². The number of amides is 1. The second-order valence-electron chi connectivity index (χ2n) is 6.12. The Balaban J connectivity index is 1.64. The second-order valence-corrected chi connectivity index (χ2v) is 6.12. The van der Waals surface area contributed by atoms with E-state index in [2.05, 4.69) is 10.3 Å². The Morgan fingerprint density at radius 3 is 2.76 bits per heavy atom. The minimum absolute atomic E-state index is 0.0763. The topological polar surface area (TPSA) is 59.4 Å². The number of carbonyl (C=O) groups is 1. The quantitative estimate of drug-likeness (QED) is 0.798. The fourth-order valence-electron chi connectivity index (χ4n) is 3.14. The fourth-order valence-corrected chi connectivity index (χ4v) is 3.14. The van der Waals surface area contributed by atoms with Crippen LogP contribution < -0.4 is 10.1 Å². The van der Waals surface area contributed by atoms with E-state index < -0.39 is 0 Å². The summed E-state index contributed by atoms with van der Waals surface area (Å²) in [5.41, 5.74) is 1.67. The summed E-state index contributed by atoms with van der Waals surface area (Å²) in [5.74, 6) is 1.33. The van der Waals surface area contributed by atoms with Gasteiger partial charge in [0.25, 0.3) is 5.91 Å². The summed E-state index contributed by atoms with van der Waals surface area (Å²) >= 11 is 0. The van der Waals surface area contributed by atoms with Crippen LogP contribution in [-0.2, 0) is 7.05 Å². The van der Waals surface area contributed by atoms with Gasteiger partial charge in [-0.05, 0) is 24.3 Å². The van der Waals surface area contributed by atoms with Crippen LogP contribution in [0.5, 0.6) is 11.6 Å². The Hall–Kier alpha value is -2.86. The van der Waals surface area contributed by atoms with Crippen LogP contribution in [0.15, 0.2) is 48.7 Å². The molecule has 1 saturated heterocycles. The number of piperazine rings is 1. The summed E-state index contributed by atoms with van der Waals surface area (Å²) in [7, 11) is 1.92. The Morgan fingerprint density at radius 1 is 1.16 bits per heavy atom. The fraction of sp³-hybridized carbons (Fsp3) is 0.263. The molecule has 1 aliphatic rings. The van der Waals surface area contributed by atoms with E-state index in [1.165, 1.54) is 0 Å². The standard InChI is InChI=1S/C19H20N4O2/c1-22-16-13-15(25-18-4-2-3-7-21-18)6-5-14(16)12-17(22)19(24)23-10-8-20-9-11-23/h2-7,12-13,20H,8-11H2,1H3. The lowest BCUT2D eigenvalue weighted by Gasteiger charge is -2.27. The number of benzene rings is 1. The van der Waals surface area contributed by atoms with Gasteiger partial charge in [-0.25, -0.2) is 4.98 Å². The van der Waals surface area contributed by atoms with Gasteiger partial charge in [-0.2, -0.15) is 0 Å². The Bertz CT molecular complexity index is 898. The Morgan fingerprint density at radius 2 is 2.00 bits per heavy atom. The van der Waals surface area contributed by atoms with Crippen molar-refractivity contribution in [2.45, 2.75) is 0 Å². The van der Waals surface area contributed by atoms with E-state index in [0.717, 1.165) is 37.1 Å². The minimum atomic E-state index is 0.0763. The molecule has 1 N–H and O–H groups in total. The van der Waals surface area contributed by atoms with Crippen molar-refractivity contribution in [2.75, 3.05) is 26.2 Å². The van der Waals surface area contributed by atoms with Gasteiger partial charge < -0.3 is 19.5 Å². The number of hydrogen-bond donors (Lipinski definition) is 1. The highest BCUT2D eigenvalue weighted by Crippen LogP contribution is 2.27. The van der Waals surface area contributed by atoms with Crippen LogP contribution in [0.1, 0.15) is 10.5 Å². The molecule has 4 rings (SSSR count). The van der Waals surface area contributed by atoms with E-state index in [-0.39, 0.29) is 5.91 Å². The van der Waals surface area contributed by atoms with Crippen LogP contribution in [0, 0.1) is 0 Å². The number of fused-ring (bicyclic) bond motifs is 1. The van der Waals surface area contributed by atoms with Crippen molar-refractivity contribution < 1.29 is 9.53 Å². The summed E-state index contributed by atoms with van der Waals surface area (Å²) in [5, 5.41) is 4.29. The van der Waals surface area contributed by atoms with E-state index in [1.807, 2.05) is 59.0 Å². The molecule has 3 heterocycles. The van der Waals surface area contributed by atoms with Gasteiger partial charge in [0, 0.05) is 56.9 Å². The zero-order chi connectivity index (χ0) is 17.2. The van der Waals surface area contributed by atoms with Crippen LogP contribution in [0.4, 0.5) is 0 Å². The molecule has 3 aromatic rings. The largest absolute Gasteiger partial charge is 0.439 e. The molecule has 0 aliphatic carbocycles. The van der Waals surface area contributed by atoms with Crippen molar-refractivity contribution in [3.05, 3.63) is 54.4 Å². The van der Waals surface area contributed by atoms with Crippen LogP contribution in [0.2, 0.25) is 0 Å². The molecule has 1 amide bonds. The maximum Gasteiger partial charge on any atom is 0.270 e. The minimum Gasteiger partial charge on any atom is -0.439 e. The van der Waals surface area contributed by atoms with Crippen molar-refractivity contribution in [2.24, 2.45) is 7.05 Å². The van der Waals surface area contributed by atoms with Gasteiger partial charge >= 0.3 is 0 Å². The van der Waals surface area contributed by atoms with Gasteiger partial charge in [0.05, 0.1) is 5.52 Å². The third kappa shape index (κ3) is 3.08. The van der Waals surface area contributed by atoms with Gasteiger partial charge in [-0.1, -0.05) is 6.07 Å². The molecule has 1 aliphatic heterocycles. The van der Waals surface area contributed by atoms with E-state index in [0.29, 0.717) is 17.3 Å². The Kier molecular flexibility index (Phi) is 4.11. The van der Waals surface area contributed by atoms with Crippen molar-refractivity contribution >= 4 is 16.8 Å². The molecule has 0 radical (unpaired) electrons. The number of nitrogens with zero attached hydrogens (tertiary/aromatic N) is 3. The summed E-state index contributed by atoms with van der Waals surface area (Å²) in [6.07, 6.45) is 1.70. The molecular weight excluding hydrogens is 316 g/mol. The van der Waals surface area contributed by atoms with Crippen LogP contribution in [0.25, 0.3) is 10.9 Å². The first-order chi connectivity index (χ1) is 12.2. The molecule has 0 spiro atoms. The highest BCUT2D eigenvalue weighted by molar-refractivity contribution is 5.99. The van der Waals surface area contributed by atoms with Gasteiger partial charge in [0.1, 0.15) is 11.4 Å². The predicted molar refractivity (Wildman–Crippen MR) is 96.0 cm³/mol. The molecule has 6 nitrogen and oxygen atoms in total. The van der Waals surface area contributed by atoms with Crippen molar-refractivity contribution in [3.8, 4) is 11.6 Å². The maximum absolute atomic E-state index is 12.8. The van der Waals surface area contributed by atoms with Gasteiger partial charge in [-0.3, -0.25) is 4.79 Å². The summed E-state index contributed by atoms with van der Waals surface area (Å²) in [6.45, 7) is 3.18. The Labute approximate surface area is 146 Å². The number of ether oxygens (including phenoxy) is 1. The predicted octanol–water partition coefficient (Wildman–Crippen LogP) is 2.41. The first-order valence-electron chi connectivity index (χ1n) is 8.41. The smallest absolute Gasteiger partial charge is 0.270 e. The molecule has 2 aromatic heterocycles. The van der Waals surface area contributed by atoms with Crippen LogP contribution in [-0.4, -0.2) is 46.5 Å². The highest BCUT2D eigenvalue weighted by Gasteiger charge is 2.21. The molecular formula is C19H20N4O2. The van der Waals surface area contributed by atoms with Gasteiger partial charge in [-0.15, -0.1) is 0 Å². The molecule has 1 aromatic carbocycles. The van der Waals surface area contributed by atoms with E-state index >= 15 is 0 Å². The van der Waals surface area contributed by atoms with Crippen molar-refractivity contribution in [1.29, 1.82) is 0 Å². The number of rotatable bonds is 3. The monoisotopic (exact) mass is 336 g/mol. The lowest BCUT2D eigenvalue weighted by Crippen LogP contribution is -2.46. The SMILES string of the molecule is Cn1c(C(=O)N2CCNCC2)cc2ccc(Oc3ccccn3)cc21. The number of carbonyl (C=O) groups excluding carboxylic acids is 1. The number of aromatic nitrogens is 2. The third-order valence-electron chi connectivity index (χ3n) is 4.50. The zero-order valence-electron chi connectivity index (χ0n) is 14.1. The number of pyridine rings is 1. The molecule has 6 heteroatoms. The van der Waals surface area contributed by atoms with E-state index in [9.17, 15) is 4.79 Å². The van der Waals surface area contributed by atoms with E-state index in [4.69, 9.17) is 4.74 Å². The first kappa shape index (κ1) is 15.7. The maximum atomic E-state index is 12.8. The highest BCUT2D eigenvalue weighted by atomic mass is 16.5. The average molecular weight is 336 g/mol. The molecule has 128 valence electrons. The van der Waals surface area contributed by atoms with Crippen LogP contribution in [0.3, 0.4) is 0 Å². The number of hydrogen-bond acceptors (Lipinski definition) is 4.